The molecule has 1 heterocycles. The minimum Gasteiger partial charge on any atom is -0.382 e. The molecule has 2 rings (SSSR count). The van der Waals surface area contributed by atoms with Crippen LogP contribution in [0.3, 0.4) is 0 Å². The summed E-state index contributed by atoms with van der Waals surface area (Å²) in [4.78, 5) is 14.0. The lowest BCUT2D eigenvalue weighted by atomic mass is 9.75. The van der Waals surface area contributed by atoms with Crippen LogP contribution in [0.4, 0.5) is 5.82 Å². The fourth-order valence-corrected chi connectivity index (χ4v) is 2.57. The molecule has 0 aliphatic heterocycles. The number of carbonyl (C=O) groups is 1. The molecule has 1 saturated carbocycles. The largest absolute Gasteiger partial charge is 0.382 e. The summed E-state index contributed by atoms with van der Waals surface area (Å²) in [6.07, 6.45) is 4.47. The van der Waals surface area contributed by atoms with Crippen molar-refractivity contribution in [3.05, 3.63) is 11.8 Å². The van der Waals surface area contributed by atoms with E-state index in [1.807, 2.05) is 11.9 Å². The van der Waals surface area contributed by atoms with Crippen LogP contribution >= 0.6 is 0 Å². The third-order valence-electron chi connectivity index (χ3n) is 4.00. The van der Waals surface area contributed by atoms with Gasteiger partial charge in [0.1, 0.15) is 11.5 Å². The van der Waals surface area contributed by atoms with Crippen LogP contribution in [0, 0.1) is 5.41 Å². The molecule has 0 radical (unpaired) electrons. The number of nitrogens with two attached hydrogens (primary N) is 1. The lowest BCUT2D eigenvalue weighted by Crippen LogP contribution is -2.41. The second kappa shape index (κ2) is 4.63. The first-order chi connectivity index (χ1) is 8.39. The van der Waals surface area contributed by atoms with Crippen LogP contribution in [-0.2, 0) is 0 Å². The highest BCUT2D eigenvalue weighted by Crippen LogP contribution is 2.36. The minimum atomic E-state index is -0.0242. The molecule has 1 aromatic rings. The predicted octanol–water partition coefficient (Wildman–Crippen LogP) is 2.03. The van der Waals surface area contributed by atoms with Crippen molar-refractivity contribution >= 4 is 11.7 Å². The van der Waals surface area contributed by atoms with E-state index in [0.29, 0.717) is 23.0 Å². The van der Waals surface area contributed by atoms with Crippen LogP contribution in [0.15, 0.2) is 6.07 Å². The number of aromatic nitrogens is 2. The number of rotatable bonds is 2. The Morgan fingerprint density at radius 1 is 1.50 bits per heavy atom. The molecule has 0 bridgehead atoms. The average molecular weight is 250 g/mol. The van der Waals surface area contributed by atoms with E-state index in [4.69, 9.17) is 5.73 Å². The van der Waals surface area contributed by atoms with Crippen molar-refractivity contribution in [3.63, 3.8) is 0 Å². The quantitative estimate of drug-likeness (QED) is 0.843. The smallest absolute Gasteiger partial charge is 0.271 e. The molecule has 1 fully saturated rings. The van der Waals surface area contributed by atoms with Crippen LogP contribution < -0.4 is 5.73 Å². The van der Waals surface area contributed by atoms with Gasteiger partial charge in [-0.25, -0.2) is 0 Å². The molecular weight excluding hydrogens is 228 g/mol. The molecule has 0 spiro atoms. The maximum Gasteiger partial charge on any atom is 0.271 e. The van der Waals surface area contributed by atoms with Gasteiger partial charge in [0.25, 0.3) is 5.91 Å². The first-order valence-corrected chi connectivity index (χ1v) is 6.47. The van der Waals surface area contributed by atoms with Crippen molar-refractivity contribution in [1.82, 2.24) is 15.1 Å². The fourth-order valence-electron chi connectivity index (χ4n) is 2.57. The third-order valence-corrected chi connectivity index (χ3v) is 4.00. The van der Waals surface area contributed by atoms with Crippen LogP contribution in [0.1, 0.15) is 50.0 Å². The molecule has 0 aromatic carbocycles. The predicted molar refractivity (Wildman–Crippen MR) is 71.1 cm³/mol. The molecule has 5 heteroatoms. The molecule has 0 saturated heterocycles. The van der Waals surface area contributed by atoms with Crippen LogP contribution in [0.25, 0.3) is 0 Å². The Balaban J connectivity index is 2.00. The van der Waals surface area contributed by atoms with Gasteiger partial charge in [-0.05, 0) is 31.1 Å². The van der Waals surface area contributed by atoms with Crippen molar-refractivity contribution in [2.75, 3.05) is 12.8 Å². The van der Waals surface area contributed by atoms with Gasteiger partial charge in [-0.15, -0.1) is 0 Å². The van der Waals surface area contributed by atoms with Crippen LogP contribution in [-0.4, -0.2) is 34.1 Å². The topological polar surface area (TPSA) is 75.0 Å². The number of nitrogens with zero attached hydrogens (tertiary/aromatic N) is 2. The normalized spacial score (nSPS) is 19.7. The summed E-state index contributed by atoms with van der Waals surface area (Å²) in [6, 6.07) is 1.92. The zero-order chi connectivity index (χ0) is 13.3. The molecule has 5 nitrogen and oxygen atoms in total. The Hall–Kier alpha value is -1.52. The number of amides is 1. The monoisotopic (exact) mass is 250 g/mol. The van der Waals surface area contributed by atoms with Gasteiger partial charge < -0.3 is 10.6 Å². The molecular formula is C13H22N4O. The zero-order valence-electron chi connectivity index (χ0n) is 11.4. The van der Waals surface area contributed by atoms with E-state index < -0.39 is 0 Å². The van der Waals surface area contributed by atoms with E-state index in [1.54, 1.807) is 6.07 Å². The van der Waals surface area contributed by atoms with Gasteiger partial charge >= 0.3 is 0 Å². The van der Waals surface area contributed by atoms with E-state index in [2.05, 4.69) is 24.0 Å². The van der Waals surface area contributed by atoms with Crippen molar-refractivity contribution in [2.45, 2.75) is 45.6 Å². The van der Waals surface area contributed by atoms with Gasteiger partial charge in [0.15, 0.2) is 0 Å². The van der Waals surface area contributed by atoms with Gasteiger partial charge in [-0.2, -0.15) is 5.10 Å². The molecule has 100 valence electrons. The van der Waals surface area contributed by atoms with Gasteiger partial charge in [0.2, 0.25) is 0 Å². The maximum atomic E-state index is 12.2. The second-order valence-electron chi connectivity index (χ2n) is 6.02. The maximum absolute atomic E-state index is 12.2. The summed E-state index contributed by atoms with van der Waals surface area (Å²) in [5, 5.41) is 6.47. The number of nitrogens with one attached hydrogen (secondary N) is 1. The SMILES string of the molecule is CN(C(=O)c1cc(N)n[nH]1)C1CCC(C)(C)CC1. The minimum absolute atomic E-state index is 0.0242. The highest BCUT2D eigenvalue weighted by Gasteiger charge is 2.31. The molecule has 18 heavy (non-hydrogen) atoms. The summed E-state index contributed by atoms with van der Waals surface area (Å²) in [5.41, 5.74) is 6.41. The third kappa shape index (κ3) is 2.66. The number of hydrogen-bond donors (Lipinski definition) is 2. The van der Waals surface area contributed by atoms with Crippen molar-refractivity contribution in [3.8, 4) is 0 Å². The second-order valence-corrected chi connectivity index (χ2v) is 6.02. The lowest BCUT2D eigenvalue weighted by molar-refractivity contribution is 0.0629. The van der Waals surface area contributed by atoms with Crippen LogP contribution in [0.2, 0.25) is 0 Å². The Morgan fingerprint density at radius 2 is 2.11 bits per heavy atom. The first-order valence-electron chi connectivity index (χ1n) is 6.47. The van der Waals surface area contributed by atoms with E-state index in [0.717, 1.165) is 12.8 Å². The zero-order valence-corrected chi connectivity index (χ0v) is 11.4. The van der Waals surface area contributed by atoms with E-state index in [1.165, 1.54) is 12.8 Å². The first kappa shape index (κ1) is 12.9. The van der Waals surface area contributed by atoms with Gasteiger partial charge in [-0.1, -0.05) is 13.8 Å². The van der Waals surface area contributed by atoms with Crippen molar-refractivity contribution in [2.24, 2.45) is 5.41 Å². The summed E-state index contributed by atoms with van der Waals surface area (Å²) < 4.78 is 0. The van der Waals surface area contributed by atoms with Crippen LogP contribution in [0.5, 0.6) is 0 Å². The summed E-state index contributed by atoms with van der Waals surface area (Å²) >= 11 is 0. The molecule has 0 atom stereocenters. The Kier molecular flexibility index (Phi) is 3.32. The number of anilines is 1. The Morgan fingerprint density at radius 3 is 2.61 bits per heavy atom. The molecule has 3 N–H and O–H groups in total. The van der Waals surface area contributed by atoms with Gasteiger partial charge in [0.05, 0.1) is 0 Å². The molecule has 1 amide bonds. The summed E-state index contributed by atoms with van der Waals surface area (Å²) in [5.74, 6) is 0.334. The lowest BCUT2D eigenvalue weighted by Gasteiger charge is -2.38. The fraction of sp³-hybridized carbons (Fsp3) is 0.692. The number of H-pyrrole nitrogens is 1. The highest BCUT2D eigenvalue weighted by atomic mass is 16.2. The Labute approximate surface area is 108 Å². The number of nitrogen functional groups attached to an aromatic ring is 1. The highest BCUT2D eigenvalue weighted by molar-refractivity contribution is 5.93. The van der Waals surface area contributed by atoms with Crippen molar-refractivity contribution in [1.29, 1.82) is 0 Å². The number of aromatic amines is 1. The molecule has 1 aromatic heterocycles. The van der Waals surface area contributed by atoms with Gasteiger partial charge in [0, 0.05) is 19.2 Å². The molecule has 1 aliphatic rings. The van der Waals surface area contributed by atoms with E-state index in [-0.39, 0.29) is 5.91 Å². The molecule has 1 aliphatic carbocycles. The number of hydrogen-bond acceptors (Lipinski definition) is 3. The Bertz CT molecular complexity index is 428. The summed E-state index contributed by atoms with van der Waals surface area (Å²) in [6.45, 7) is 4.58. The van der Waals surface area contributed by atoms with Gasteiger partial charge in [-0.3, -0.25) is 9.89 Å². The van der Waals surface area contributed by atoms with E-state index in [9.17, 15) is 4.79 Å². The number of carbonyl (C=O) groups excluding carboxylic acids is 1. The average Bonchev–Trinajstić information content (AvgIpc) is 2.74. The van der Waals surface area contributed by atoms with E-state index >= 15 is 0 Å². The molecule has 0 unspecified atom stereocenters. The standard InChI is InChI=1S/C13H22N4O/c1-13(2)6-4-9(5-7-13)17(3)12(18)10-8-11(14)16-15-10/h8-9H,4-7H2,1-3H3,(H3,14,15,16). The van der Waals surface area contributed by atoms with Crippen molar-refractivity contribution < 1.29 is 4.79 Å². The summed E-state index contributed by atoms with van der Waals surface area (Å²) in [7, 11) is 1.86.